The third kappa shape index (κ3) is 3.83. The van der Waals surface area contributed by atoms with Crippen molar-refractivity contribution in [3.63, 3.8) is 0 Å². The highest BCUT2D eigenvalue weighted by Crippen LogP contribution is 2.32. The molecule has 1 aliphatic heterocycles. The fraction of sp³-hybridized carbons (Fsp3) is 0.304. The number of methoxy groups -OCH3 is 1. The lowest BCUT2D eigenvalue weighted by Gasteiger charge is -2.27. The van der Waals surface area contributed by atoms with E-state index in [1.807, 2.05) is 49.2 Å². The average molecular weight is 390 g/mol. The number of nitrogens with one attached hydrogen (secondary N) is 2. The van der Waals surface area contributed by atoms with E-state index in [4.69, 9.17) is 4.74 Å². The summed E-state index contributed by atoms with van der Waals surface area (Å²) in [7, 11) is 1.68. The van der Waals surface area contributed by atoms with Crippen LogP contribution in [-0.4, -0.2) is 47.0 Å². The molecule has 0 unspecified atom stereocenters. The third-order valence-corrected chi connectivity index (χ3v) is 5.19. The second-order valence-corrected chi connectivity index (χ2v) is 7.54. The third-order valence-electron chi connectivity index (χ3n) is 5.19. The van der Waals surface area contributed by atoms with Gasteiger partial charge in [0, 0.05) is 48.0 Å². The van der Waals surface area contributed by atoms with Gasteiger partial charge in [0.2, 0.25) is 0 Å². The molecule has 4 rings (SSSR count). The van der Waals surface area contributed by atoms with E-state index in [0.29, 0.717) is 24.5 Å². The lowest BCUT2D eigenvalue weighted by atomic mass is 9.98. The summed E-state index contributed by atoms with van der Waals surface area (Å²) in [6.07, 6.45) is 6.71. The minimum Gasteiger partial charge on any atom is -0.497 e. The largest absolute Gasteiger partial charge is 0.497 e. The predicted octanol–water partition coefficient (Wildman–Crippen LogP) is 4.32. The van der Waals surface area contributed by atoms with Gasteiger partial charge in [0.25, 0.3) is 5.91 Å². The molecule has 1 aliphatic rings. The molecule has 0 saturated heterocycles. The van der Waals surface area contributed by atoms with Crippen LogP contribution in [0.4, 0.5) is 5.82 Å². The number of ether oxygens (including phenoxy) is 1. The summed E-state index contributed by atoms with van der Waals surface area (Å²) < 4.78 is 5.37. The number of hydrogen-bond acceptors (Lipinski definition) is 4. The first-order valence-corrected chi connectivity index (χ1v) is 9.92. The zero-order valence-corrected chi connectivity index (χ0v) is 17.0. The Morgan fingerprint density at radius 2 is 2.17 bits per heavy atom. The molecule has 0 atom stereocenters. The van der Waals surface area contributed by atoms with E-state index in [9.17, 15) is 4.79 Å². The quantitative estimate of drug-likeness (QED) is 0.681. The Morgan fingerprint density at radius 3 is 2.90 bits per heavy atom. The molecular formula is C23H26N4O2. The number of rotatable bonds is 5. The van der Waals surface area contributed by atoms with Crippen LogP contribution in [0, 0.1) is 0 Å². The molecule has 0 bridgehead atoms. The number of H-pyrrole nitrogens is 1. The van der Waals surface area contributed by atoms with Gasteiger partial charge in [-0.15, -0.1) is 0 Å². The van der Waals surface area contributed by atoms with Crippen molar-refractivity contribution in [1.82, 2.24) is 14.9 Å². The van der Waals surface area contributed by atoms with Crippen LogP contribution in [0.5, 0.6) is 5.75 Å². The number of nitrogens with zero attached hydrogens (tertiary/aromatic N) is 2. The minimum absolute atomic E-state index is 0.0112. The predicted molar refractivity (Wildman–Crippen MR) is 116 cm³/mol. The van der Waals surface area contributed by atoms with Gasteiger partial charge < -0.3 is 19.9 Å². The zero-order chi connectivity index (χ0) is 20.4. The number of carbonyl (C=O) groups excluding carboxylic acids is 1. The number of pyridine rings is 1. The van der Waals surface area contributed by atoms with E-state index < -0.39 is 0 Å². The molecule has 3 aromatic rings. The monoisotopic (exact) mass is 390 g/mol. The SMILES string of the molecule is COc1ccc2[nH]cc(C3=CCN(C(=O)c4cccnc4NC(C)C)CC3)c2c1. The van der Waals surface area contributed by atoms with E-state index >= 15 is 0 Å². The molecule has 6 heteroatoms. The Bertz CT molecular complexity index is 1070. The van der Waals surface area contributed by atoms with Crippen LogP contribution in [0.25, 0.3) is 16.5 Å². The molecule has 6 nitrogen and oxygen atoms in total. The highest BCUT2D eigenvalue weighted by molar-refractivity contribution is 5.99. The summed E-state index contributed by atoms with van der Waals surface area (Å²) in [5.74, 6) is 1.50. The molecule has 29 heavy (non-hydrogen) atoms. The molecule has 0 radical (unpaired) electrons. The number of aromatic amines is 1. The number of benzene rings is 1. The van der Waals surface area contributed by atoms with Crippen molar-refractivity contribution in [1.29, 1.82) is 0 Å². The first kappa shape index (κ1) is 19.1. The second kappa shape index (κ2) is 7.99. The summed E-state index contributed by atoms with van der Waals surface area (Å²) in [5.41, 5.74) is 4.13. The van der Waals surface area contributed by atoms with Gasteiger partial charge in [-0.3, -0.25) is 4.79 Å². The van der Waals surface area contributed by atoms with Crippen molar-refractivity contribution in [2.45, 2.75) is 26.3 Å². The van der Waals surface area contributed by atoms with Gasteiger partial charge >= 0.3 is 0 Å². The lowest BCUT2D eigenvalue weighted by Crippen LogP contribution is -2.35. The highest BCUT2D eigenvalue weighted by Gasteiger charge is 2.23. The Hall–Kier alpha value is -3.28. The van der Waals surface area contributed by atoms with E-state index in [0.717, 1.165) is 23.1 Å². The van der Waals surface area contributed by atoms with Crippen LogP contribution < -0.4 is 10.1 Å². The first-order valence-electron chi connectivity index (χ1n) is 9.92. The van der Waals surface area contributed by atoms with Gasteiger partial charge in [0.15, 0.2) is 0 Å². The topological polar surface area (TPSA) is 70.2 Å². The molecular weight excluding hydrogens is 364 g/mol. The van der Waals surface area contributed by atoms with Gasteiger partial charge in [0.1, 0.15) is 11.6 Å². The van der Waals surface area contributed by atoms with Gasteiger partial charge in [-0.2, -0.15) is 0 Å². The second-order valence-electron chi connectivity index (χ2n) is 7.54. The maximum absolute atomic E-state index is 13.1. The summed E-state index contributed by atoms with van der Waals surface area (Å²) in [4.78, 5) is 22.6. The van der Waals surface area contributed by atoms with Crippen molar-refractivity contribution in [2.24, 2.45) is 0 Å². The standard InChI is InChI=1S/C23H26N4O2/c1-15(2)26-22-18(5-4-10-24-22)23(28)27-11-8-16(9-12-27)20-14-25-21-7-6-17(29-3)13-19(20)21/h4-8,10,13-15,25H,9,11-12H2,1-3H3,(H,24,26). The molecule has 1 aromatic carbocycles. The van der Waals surface area contributed by atoms with Crippen LogP contribution in [0.15, 0.2) is 48.8 Å². The van der Waals surface area contributed by atoms with Crippen LogP contribution in [-0.2, 0) is 0 Å². The Balaban J connectivity index is 1.56. The van der Waals surface area contributed by atoms with Crippen molar-refractivity contribution >= 4 is 28.2 Å². The Labute approximate surface area is 170 Å². The first-order chi connectivity index (χ1) is 14.1. The highest BCUT2D eigenvalue weighted by atomic mass is 16.5. The average Bonchev–Trinajstić information content (AvgIpc) is 3.16. The van der Waals surface area contributed by atoms with E-state index in [2.05, 4.69) is 27.4 Å². The normalized spacial score (nSPS) is 14.2. The number of fused-ring (bicyclic) bond motifs is 1. The van der Waals surface area contributed by atoms with Crippen LogP contribution in [0.2, 0.25) is 0 Å². The minimum atomic E-state index is 0.0112. The maximum Gasteiger partial charge on any atom is 0.257 e. The van der Waals surface area contributed by atoms with Crippen LogP contribution in [0.1, 0.15) is 36.2 Å². The Kier molecular flexibility index (Phi) is 5.25. The summed E-state index contributed by atoms with van der Waals surface area (Å²) in [6, 6.07) is 9.90. The molecule has 2 N–H and O–H groups in total. The van der Waals surface area contributed by atoms with E-state index in [1.54, 1.807) is 13.3 Å². The Morgan fingerprint density at radius 1 is 1.31 bits per heavy atom. The fourth-order valence-electron chi connectivity index (χ4n) is 3.73. The smallest absolute Gasteiger partial charge is 0.257 e. The number of carbonyl (C=O) groups is 1. The molecule has 150 valence electrons. The number of anilines is 1. The van der Waals surface area contributed by atoms with Crippen molar-refractivity contribution in [2.75, 3.05) is 25.5 Å². The molecule has 0 spiro atoms. The molecule has 0 saturated carbocycles. The van der Waals surface area contributed by atoms with E-state index in [-0.39, 0.29) is 11.9 Å². The molecule has 0 fully saturated rings. The van der Waals surface area contributed by atoms with Crippen LogP contribution >= 0.6 is 0 Å². The summed E-state index contributed by atoms with van der Waals surface area (Å²) in [5, 5.41) is 4.41. The van der Waals surface area contributed by atoms with Crippen molar-refractivity contribution in [3.8, 4) is 5.75 Å². The number of amides is 1. The van der Waals surface area contributed by atoms with Crippen molar-refractivity contribution < 1.29 is 9.53 Å². The number of aromatic nitrogens is 2. The lowest BCUT2D eigenvalue weighted by molar-refractivity contribution is 0.0773. The van der Waals surface area contributed by atoms with Crippen LogP contribution in [0.3, 0.4) is 0 Å². The van der Waals surface area contributed by atoms with E-state index in [1.165, 1.54) is 11.1 Å². The molecule has 0 aliphatic carbocycles. The van der Waals surface area contributed by atoms with Gasteiger partial charge in [0.05, 0.1) is 12.7 Å². The molecule has 1 amide bonds. The van der Waals surface area contributed by atoms with Gasteiger partial charge in [-0.1, -0.05) is 6.08 Å². The molecule has 3 heterocycles. The van der Waals surface area contributed by atoms with Crippen molar-refractivity contribution in [3.05, 3.63) is 59.9 Å². The maximum atomic E-state index is 13.1. The summed E-state index contributed by atoms with van der Waals surface area (Å²) >= 11 is 0. The van der Waals surface area contributed by atoms with Gasteiger partial charge in [-0.05, 0) is 56.2 Å². The fourth-order valence-corrected chi connectivity index (χ4v) is 3.73. The zero-order valence-electron chi connectivity index (χ0n) is 17.0. The molecule has 2 aromatic heterocycles. The number of hydrogen-bond donors (Lipinski definition) is 2. The summed E-state index contributed by atoms with van der Waals surface area (Å²) in [6.45, 7) is 5.34. The van der Waals surface area contributed by atoms with Gasteiger partial charge in [-0.25, -0.2) is 4.98 Å².